The Morgan fingerprint density at radius 3 is 2.86 bits per heavy atom. The fourth-order valence-corrected chi connectivity index (χ4v) is 2.16. The van der Waals surface area contributed by atoms with Crippen LogP contribution in [-0.2, 0) is 6.54 Å². The first-order chi connectivity index (χ1) is 10.1. The smallest absolute Gasteiger partial charge is 0.338 e. The van der Waals surface area contributed by atoms with Crippen LogP contribution in [0.3, 0.4) is 0 Å². The van der Waals surface area contributed by atoms with Crippen molar-refractivity contribution < 1.29 is 18.7 Å². The summed E-state index contributed by atoms with van der Waals surface area (Å²) in [7, 11) is 0. The molecule has 0 bridgehead atoms. The second kappa shape index (κ2) is 5.46. The Balaban J connectivity index is 1.67. The zero-order valence-electron chi connectivity index (χ0n) is 11.5. The average molecular weight is 285 g/mol. The molecule has 2 N–H and O–H groups in total. The fourth-order valence-electron chi connectivity index (χ4n) is 2.16. The van der Waals surface area contributed by atoms with E-state index >= 15 is 0 Å². The molecule has 0 fully saturated rings. The first kappa shape index (κ1) is 13.5. The Kier molecular flexibility index (Phi) is 3.50. The number of carboxylic acids is 1. The van der Waals surface area contributed by atoms with Gasteiger partial charge in [0.2, 0.25) is 0 Å². The number of carboxylic acid groups (broad SMARTS) is 1. The van der Waals surface area contributed by atoms with Crippen molar-refractivity contribution >= 4 is 16.9 Å². The van der Waals surface area contributed by atoms with Crippen LogP contribution < -0.4 is 5.32 Å². The topological polar surface area (TPSA) is 75.6 Å². The van der Waals surface area contributed by atoms with Gasteiger partial charge in [0.1, 0.15) is 23.4 Å². The standard InChI is InChI=1S/C16H15NO4/c1-10(15-7-11-4-2-3-5-14(11)21-15)17-8-13-6-12(9-20-13)16(18)19/h2-7,9-10,17H,8H2,1H3,(H,18,19). The summed E-state index contributed by atoms with van der Waals surface area (Å²) in [5.41, 5.74) is 1.01. The lowest BCUT2D eigenvalue weighted by atomic mass is 10.2. The van der Waals surface area contributed by atoms with Gasteiger partial charge in [-0.3, -0.25) is 0 Å². The Hall–Kier alpha value is -2.53. The minimum absolute atomic E-state index is 0.00391. The lowest BCUT2D eigenvalue weighted by Gasteiger charge is -2.09. The molecule has 0 amide bonds. The maximum Gasteiger partial charge on any atom is 0.338 e. The van der Waals surface area contributed by atoms with Crippen molar-refractivity contribution in [2.45, 2.75) is 19.5 Å². The summed E-state index contributed by atoms with van der Waals surface area (Å²) >= 11 is 0. The summed E-state index contributed by atoms with van der Waals surface area (Å²) in [6.07, 6.45) is 1.24. The van der Waals surface area contributed by atoms with Crippen molar-refractivity contribution in [2.24, 2.45) is 0 Å². The number of rotatable bonds is 5. The van der Waals surface area contributed by atoms with Crippen molar-refractivity contribution in [1.82, 2.24) is 5.32 Å². The molecule has 0 aliphatic heterocycles. The maximum atomic E-state index is 10.8. The number of hydrogen-bond acceptors (Lipinski definition) is 4. The second-order valence-corrected chi connectivity index (χ2v) is 4.90. The zero-order valence-corrected chi connectivity index (χ0v) is 11.5. The number of para-hydroxylation sites is 1. The molecule has 1 unspecified atom stereocenters. The molecular formula is C16H15NO4. The third kappa shape index (κ3) is 2.83. The van der Waals surface area contributed by atoms with Crippen LogP contribution in [0.4, 0.5) is 0 Å². The molecule has 3 rings (SSSR count). The molecule has 0 saturated heterocycles. The molecule has 1 aromatic carbocycles. The third-order valence-corrected chi connectivity index (χ3v) is 3.35. The summed E-state index contributed by atoms with van der Waals surface area (Å²) in [6, 6.07) is 11.3. The Morgan fingerprint density at radius 1 is 1.33 bits per heavy atom. The molecular weight excluding hydrogens is 270 g/mol. The van der Waals surface area contributed by atoms with Crippen LogP contribution in [-0.4, -0.2) is 11.1 Å². The van der Waals surface area contributed by atoms with Gasteiger partial charge in [-0.15, -0.1) is 0 Å². The number of fused-ring (bicyclic) bond motifs is 1. The number of nitrogens with one attached hydrogen (secondary N) is 1. The minimum atomic E-state index is -0.990. The normalized spacial score (nSPS) is 12.6. The Bertz CT molecular complexity index is 738. The van der Waals surface area contributed by atoms with Crippen molar-refractivity contribution in [1.29, 1.82) is 0 Å². The van der Waals surface area contributed by atoms with E-state index in [-0.39, 0.29) is 11.6 Å². The lowest BCUT2D eigenvalue weighted by Crippen LogP contribution is -2.17. The highest BCUT2D eigenvalue weighted by atomic mass is 16.4. The van der Waals surface area contributed by atoms with E-state index in [4.69, 9.17) is 13.9 Å². The quantitative estimate of drug-likeness (QED) is 0.749. The van der Waals surface area contributed by atoms with Gasteiger partial charge in [-0.05, 0) is 25.1 Å². The predicted molar refractivity (Wildman–Crippen MR) is 77.1 cm³/mol. The van der Waals surface area contributed by atoms with Crippen molar-refractivity contribution in [3.63, 3.8) is 0 Å². The first-order valence-electron chi connectivity index (χ1n) is 6.66. The molecule has 2 heterocycles. The number of hydrogen-bond donors (Lipinski definition) is 2. The Labute approximate surface area is 121 Å². The molecule has 5 heteroatoms. The van der Waals surface area contributed by atoms with Crippen LogP contribution in [0.2, 0.25) is 0 Å². The largest absolute Gasteiger partial charge is 0.478 e. The van der Waals surface area contributed by atoms with Gasteiger partial charge in [0.05, 0.1) is 18.2 Å². The van der Waals surface area contributed by atoms with E-state index in [9.17, 15) is 4.79 Å². The molecule has 0 aliphatic carbocycles. The van der Waals surface area contributed by atoms with Crippen LogP contribution in [0.1, 0.15) is 34.8 Å². The number of benzene rings is 1. The first-order valence-corrected chi connectivity index (χ1v) is 6.66. The molecule has 2 aromatic heterocycles. The van der Waals surface area contributed by atoms with Gasteiger partial charge in [0.25, 0.3) is 0 Å². The van der Waals surface area contributed by atoms with Crippen LogP contribution in [0.5, 0.6) is 0 Å². The molecule has 108 valence electrons. The van der Waals surface area contributed by atoms with Crippen molar-refractivity contribution in [3.05, 3.63) is 59.7 Å². The summed E-state index contributed by atoms with van der Waals surface area (Å²) in [6.45, 7) is 2.42. The second-order valence-electron chi connectivity index (χ2n) is 4.90. The van der Waals surface area contributed by atoms with Crippen molar-refractivity contribution in [3.8, 4) is 0 Å². The zero-order chi connectivity index (χ0) is 14.8. The van der Waals surface area contributed by atoms with E-state index in [1.165, 1.54) is 12.3 Å². The lowest BCUT2D eigenvalue weighted by molar-refractivity contribution is 0.0696. The van der Waals surface area contributed by atoms with Gasteiger partial charge in [-0.1, -0.05) is 18.2 Å². The van der Waals surface area contributed by atoms with Crippen LogP contribution in [0.15, 0.2) is 51.5 Å². The number of aromatic carboxylic acids is 1. The highest BCUT2D eigenvalue weighted by Crippen LogP contribution is 2.23. The molecule has 0 spiro atoms. The van der Waals surface area contributed by atoms with Crippen LogP contribution in [0.25, 0.3) is 11.0 Å². The van der Waals surface area contributed by atoms with Gasteiger partial charge in [0.15, 0.2) is 0 Å². The third-order valence-electron chi connectivity index (χ3n) is 3.35. The molecule has 0 saturated carbocycles. The number of carbonyl (C=O) groups is 1. The highest BCUT2D eigenvalue weighted by molar-refractivity contribution is 5.87. The van der Waals surface area contributed by atoms with E-state index in [2.05, 4.69) is 5.32 Å². The monoisotopic (exact) mass is 285 g/mol. The van der Waals surface area contributed by atoms with E-state index in [1.54, 1.807) is 0 Å². The average Bonchev–Trinajstić information content (AvgIpc) is 3.11. The highest BCUT2D eigenvalue weighted by Gasteiger charge is 2.13. The van der Waals surface area contributed by atoms with E-state index in [1.807, 2.05) is 37.3 Å². The fraction of sp³-hybridized carbons (Fsp3) is 0.188. The van der Waals surface area contributed by atoms with E-state index in [0.29, 0.717) is 12.3 Å². The van der Waals surface area contributed by atoms with Gasteiger partial charge in [-0.25, -0.2) is 4.79 Å². The molecule has 5 nitrogen and oxygen atoms in total. The summed E-state index contributed by atoms with van der Waals surface area (Å²) in [5, 5.41) is 13.1. The van der Waals surface area contributed by atoms with E-state index in [0.717, 1.165) is 16.7 Å². The van der Waals surface area contributed by atoms with E-state index < -0.39 is 5.97 Å². The van der Waals surface area contributed by atoms with Crippen LogP contribution >= 0.6 is 0 Å². The number of furan rings is 2. The molecule has 3 aromatic rings. The minimum Gasteiger partial charge on any atom is -0.478 e. The summed E-state index contributed by atoms with van der Waals surface area (Å²) in [5.74, 6) is 0.423. The van der Waals surface area contributed by atoms with Gasteiger partial charge in [0, 0.05) is 5.39 Å². The molecule has 0 radical (unpaired) electrons. The van der Waals surface area contributed by atoms with Gasteiger partial charge in [-0.2, -0.15) is 0 Å². The summed E-state index contributed by atoms with van der Waals surface area (Å²) < 4.78 is 11.0. The molecule has 0 aliphatic rings. The SMILES string of the molecule is CC(NCc1cc(C(=O)O)co1)c1cc2ccccc2o1. The van der Waals surface area contributed by atoms with Gasteiger partial charge < -0.3 is 19.3 Å². The maximum absolute atomic E-state index is 10.8. The summed E-state index contributed by atoms with van der Waals surface area (Å²) in [4.78, 5) is 10.8. The molecule has 21 heavy (non-hydrogen) atoms. The molecule has 1 atom stereocenters. The van der Waals surface area contributed by atoms with Crippen molar-refractivity contribution in [2.75, 3.05) is 0 Å². The Morgan fingerprint density at radius 2 is 2.14 bits per heavy atom. The van der Waals surface area contributed by atoms with Gasteiger partial charge >= 0.3 is 5.97 Å². The van der Waals surface area contributed by atoms with Crippen LogP contribution in [0, 0.1) is 0 Å². The predicted octanol–water partition coefficient (Wildman–Crippen LogP) is 3.57.